The molecule has 1 aromatic carbocycles. The molecule has 0 saturated heterocycles. The third kappa shape index (κ3) is 5.75. The van der Waals surface area contributed by atoms with Crippen molar-refractivity contribution >= 4 is 23.5 Å². The molecule has 1 unspecified atom stereocenters. The lowest BCUT2D eigenvalue weighted by atomic mass is 9.45. The van der Waals surface area contributed by atoms with E-state index in [1.165, 1.54) is 6.08 Å². The Morgan fingerprint density at radius 2 is 1.79 bits per heavy atom. The van der Waals surface area contributed by atoms with E-state index < -0.39 is 75.4 Å². The predicted molar refractivity (Wildman–Crippen MR) is 169 cm³/mol. The summed E-state index contributed by atoms with van der Waals surface area (Å²) in [6.45, 7) is 6.29. The Morgan fingerprint density at radius 3 is 2.46 bits per heavy atom. The summed E-state index contributed by atoms with van der Waals surface area (Å²) in [5, 5.41) is 21.3. The molecule has 11 nitrogen and oxygen atoms in total. The summed E-state index contributed by atoms with van der Waals surface area (Å²) in [6, 6.07) is 6.34. The van der Waals surface area contributed by atoms with Gasteiger partial charge in [-0.05, 0) is 55.7 Å². The monoisotopic (exact) mass is 669 g/mol. The van der Waals surface area contributed by atoms with Gasteiger partial charge in [-0.15, -0.1) is 10.1 Å². The molecule has 4 aliphatic rings. The minimum Gasteiger partial charge on any atom is -0.457 e. The molecule has 2 saturated carbocycles. The van der Waals surface area contributed by atoms with Gasteiger partial charge in [0.2, 0.25) is 5.78 Å². The molecule has 0 heterocycles. The summed E-state index contributed by atoms with van der Waals surface area (Å²) in [7, 11) is 0. The second-order valence-electron chi connectivity index (χ2n) is 14.3. The molecular weight excluding hydrogens is 625 g/mol. The normalized spacial score (nSPS) is 35.0. The van der Waals surface area contributed by atoms with Crippen LogP contribution in [0.2, 0.25) is 0 Å². The van der Waals surface area contributed by atoms with Crippen LogP contribution in [0.5, 0.6) is 0 Å². The number of benzene rings is 1. The maximum atomic E-state index is 17.7. The first-order valence-electron chi connectivity index (χ1n) is 16.7. The first kappa shape index (κ1) is 35.4. The van der Waals surface area contributed by atoms with Crippen LogP contribution in [0.3, 0.4) is 0 Å². The van der Waals surface area contributed by atoms with Crippen molar-refractivity contribution in [2.24, 2.45) is 28.6 Å². The van der Waals surface area contributed by atoms with Gasteiger partial charge < -0.3 is 19.4 Å². The number of aliphatic hydroxyl groups excluding tert-OH is 1. The quantitative estimate of drug-likeness (QED) is 0.137. The molecule has 8 atom stereocenters. The van der Waals surface area contributed by atoms with E-state index >= 15 is 4.39 Å². The molecule has 0 radical (unpaired) electrons. The van der Waals surface area contributed by atoms with Crippen LogP contribution in [-0.2, 0) is 46.5 Å². The molecule has 0 bridgehead atoms. The van der Waals surface area contributed by atoms with E-state index in [0.717, 1.165) is 6.42 Å². The molecule has 0 aliphatic heterocycles. The minimum absolute atomic E-state index is 0.0729. The topological polar surface area (TPSA) is 159 Å². The molecule has 0 aromatic heterocycles. The summed E-state index contributed by atoms with van der Waals surface area (Å²) >= 11 is 0. The maximum Gasteiger partial charge on any atom is 0.310 e. The van der Waals surface area contributed by atoms with Gasteiger partial charge in [0.1, 0.15) is 6.61 Å². The van der Waals surface area contributed by atoms with Crippen LogP contribution >= 0.6 is 0 Å². The predicted octanol–water partition coefficient (Wildman–Crippen LogP) is 5.14. The van der Waals surface area contributed by atoms with Gasteiger partial charge in [-0.25, -0.2) is 4.39 Å². The van der Waals surface area contributed by atoms with Crippen LogP contribution in [0.4, 0.5) is 4.39 Å². The lowest BCUT2D eigenvalue weighted by molar-refractivity contribution is -0.763. The van der Waals surface area contributed by atoms with Crippen LogP contribution in [0.15, 0.2) is 48.1 Å². The second-order valence-corrected chi connectivity index (χ2v) is 14.3. The van der Waals surface area contributed by atoms with Gasteiger partial charge in [-0.3, -0.25) is 19.2 Å². The molecule has 5 rings (SSSR count). The third-order valence-electron chi connectivity index (χ3n) is 11.6. The number of allylic oxidation sites excluding steroid dienone is 4. The Labute approximate surface area is 279 Å². The molecule has 0 amide bonds. The number of ether oxygens (including phenoxy) is 2. The van der Waals surface area contributed by atoms with Crippen molar-refractivity contribution in [1.29, 1.82) is 0 Å². The first-order chi connectivity index (χ1) is 22.6. The Morgan fingerprint density at radius 1 is 1.10 bits per heavy atom. The van der Waals surface area contributed by atoms with Crippen molar-refractivity contribution in [2.75, 3.05) is 6.61 Å². The number of unbranched alkanes of at least 4 members (excludes halogenated alkanes) is 1. The van der Waals surface area contributed by atoms with Gasteiger partial charge in [0, 0.05) is 35.5 Å². The largest absolute Gasteiger partial charge is 0.457 e. The van der Waals surface area contributed by atoms with E-state index in [9.17, 15) is 34.4 Å². The molecule has 1 N–H and O–H groups in total. The van der Waals surface area contributed by atoms with Crippen LogP contribution < -0.4 is 0 Å². The fraction of sp³-hybridized carbons (Fsp3) is 0.611. The van der Waals surface area contributed by atoms with Crippen molar-refractivity contribution in [3.8, 4) is 0 Å². The Hall–Kier alpha value is -3.93. The fourth-order valence-electron chi connectivity index (χ4n) is 9.21. The highest BCUT2D eigenvalue weighted by Crippen LogP contribution is 2.71. The van der Waals surface area contributed by atoms with Gasteiger partial charge in [0.25, 0.3) is 5.09 Å². The number of Topliss-reactive ketones (excluding diaryl/α,β-unsaturated/α-hetero) is 1. The standard InChI is InChI=1S/C36H44FNO10/c1-5-6-7-31(42)48-36(30(41)21-46-32(43)17-23-8-10-24(11-9-23)20-47-38(44)45)22(2)16-28-27-13-12-25-18-26(39)14-15-33(25,3)35(27,37)29(40)19-34(28,36)4/h8-12,14-15,22,27-29,40H,5-7,13,16-21H2,1-4H3/t22-,27?,28-,29-,33-,34-,35-,36-/m0/s1. The van der Waals surface area contributed by atoms with Crippen molar-refractivity contribution in [3.05, 3.63) is 69.3 Å². The SMILES string of the molecule is CCCCC(=O)O[C@]1(C(=O)COC(=O)Cc2ccc(CO[N+](=O)[O-])cc2)[C@@H](C)C[C@H]2C3CC=C4CC(=O)C=C[C@]4(C)[C@@]3(F)[C@@H](O)C[C@@]21C. The number of hydrogen-bond donors (Lipinski definition) is 1. The third-order valence-corrected chi connectivity index (χ3v) is 11.6. The number of fused-ring (bicyclic) bond motifs is 5. The van der Waals surface area contributed by atoms with E-state index in [0.29, 0.717) is 29.5 Å². The van der Waals surface area contributed by atoms with Crippen molar-refractivity contribution < 1.29 is 48.1 Å². The highest BCUT2D eigenvalue weighted by atomic mass is 19.1. The first-order valence-corrected chi connectivity index (χ1v) is 16.7. The summed E-state index contributed by atoms with van der Waals surface area (Å²) < 4.78 is 29.4. The van der Waals surface area contributed by atoms with E-state index in [-0.39, 0.29) is 44.5 Å². The van der Waals surface area contributed by atoms with E-state index in [1.807, 2.05) is 13.0 Å². The Bertz CT molecular complexity index is 1540. The van der Waals surface area contributed by atoms with E-state index in [2.05, 4.69) is 4.84 Å². The van der Waals surface area contributed by atoms with Crippen LogP contribution in [0.25, 0.3) is 0 Å². The molecular formula is C36H44FNO10. The molecule has 48 heavy (non-hydrogen) atoms. The Balaban J connectivity index is 1.41. The molecule has 0 spiro atoms. The molecule has 260 valence electrons. The number of nitrogens with zero attached hydrogens (tertiary/aromatic N) is 1. The Kier molecular flexibility index (Phi) is 9.71. The molecule has 4 aliphatic carbocycles. The minimum atomic E-state index is -2.12. The van der Waals surface area contributed by atoms with Gasteiger partial charge in [-0.2, -0.15) is 0 Å². The van der Waals surface area contributed by atoms with Gasteiger partial charge in [0.15, 0.2) is 23.7 Å². The van der Waals surface area contributed by atoms with E-state index in [1.54, 1.807) is 51.1 Å². The van der Waals surface area contributed by atoms with Crippen molar-refractivity contribution in [3.63, 3.8) is 0 Å². The van der Waals surface area contributed by atoms with Gasteiger partial charge in [0.05, 0.1) is 12.5 Å². The molecule has 12 heteroatoms. The second kappa shape index (κ2) is 13.2. The number of halogens is 1. The average molecular weight is 670 g/mol. The fourth-order valence-corrected chi connectivity index (χ4v) is 9.21. The number of aliphatic hydroxyl groups is 1. The number of esters is 2. The van der Waals surface area contributed by atoms with Crippen LogP contribution in [0, 0.1) is 38.7 Å². The summed E-state index contributed by atoms with van der Waals surface area (Å²) in [5.74, 6) is -3.81. The van der Waals surface area contributed by atoms with Crippen molar-refractivity contribution in [1.82, 2.24) is 0 Å². The highest BCUT2D eigenvalue weighted by Gasteiger charge is 2.77. The maximum absolute atomic E-state index is 17.7. The lowest BCUT2D eigenvalue weighted by Gasteiger charge is -2.62. The number of carbonyl (C=O) groups excluding carboxylic acids is 4. The zero-order valence-corrected chi connectivity index (χ0v) is 27.9. The molecule has 1 aromatic rings. The number of ketones is 2. The summed E-state index contributed by atoms with van der Waals surface area (Å²) in [6.07, 6.45) is 4.97. The molecule has 2 fully saturated rings. The zero-order valence-electron chi connectivity index (χ0n) is 27.9. The lowest BCUT2D eigenvalue weighted by Crippen LogP contribution is -2.69. The highest BCUT2D eigenvalue weighted by molar-refractivity contribution is 5.94. The smallest absolute Gasteiger partial charge is 0.310 e. The van der Waals surface area contributed by atoms with Gasteiger partial charge >= 0.3 is 11.9 Å². The van der Waals surface area contributed by atoms with Crippen LogP contribution in [0.1, 0.15) is 83.8 Å². The zero-order chi connectivity index (χ0) is 35.1. The van der Waals surface area contributed by atoms with Crippen molar-refractivity contribution in [2.45, 2.75) is 103 Å². The van der Waals surface area contributed by atoms with E-state index in [4.69, 9.17) is 9.47 Å². The summed E-state index contributed by atoms with van der Waals surface area (Å²) in [4.78, 5) is 67.6. The van der Waals surface area contributed by atoms with Gasteiger partial charge in [-0.1, -0.05) is 69.2 Å². The summed E-state index contributed by atoms with van der Waals surface area (Å²) in [5.41, 5.74) is -4.59. The van der Waals surface area contributed by atoms with Crippen LogP contribution in [-0.4, -0.2) is 57.7 Å². The average Bonchev–Trinajstić information content (AvgIpc) is 3.25. The number of alkyl halides is 1. The number of carbonyl (C=O) groups is 4. The number of hydrogen-bond acceptors (Lipinski definition) is 10. The number of rotatable bonds is 12.